The van der Waals surface area contributed by atoms with Gasteiger partial charge in [-0.3, -0.25) is 9.78 Å². The molecular formula is C21H22N2O2S. The van der Waals surface area contributed by atoms with Crippen LogP contribution in [0.15, 0.2) is 53.2 Å². The third kappa shape index (κ3) is 3.63. The van der Waals surface area contributed by atoms with Gasteiger partial charge in [-0.05, 0) is 50.4 Å². The van der Waals surface area contributed by atoms with E-state index in [1.54, 1.807) is 18.4 Å². The molecule has 0 atom stereocenters. The first-order chi connectivity index (χ1) is 12.4. The van der Waals surface area contributed by atoms with Crippen molar-refractivity contribution in [2.75, 3.05) is 7.11 Å². The maximum absolute atomic E-state index is 12.9. The van der Waals surface area contributed by atoms with Crippen LogP contribution in [0.2, 0.25) is 0 Å². The van der Waals surface area contributed by atoms with Crippen LogP contribution < -0.4 is 10.1 Å². The number of nitrogens with one attached hydrogen (secondary N) is 1. The molecule has 4 nitrogen and oxygen atoms in total. The molecule has 1 N–H and O–H groups in total. The SMILES string of the molecule is COc1ccccc1C(C)(C)NC(=O)c1ccc(-c2ccsc2)nc1C. The van der Waals surface area contributed by atoms with E-state index in [1.165, 1.54) is 0 Å². The highest BCUT2D eigenvalue weighted by Gasteiger charge is 2.27. The number of aromatic nitrogens is 1. The van der Waals surface area contributed by atoms with Gasteiger partial charge in [0.2, 0.25) is 0 Å². The molecule has 0 radical (unpaired) electrons. The Balaban J connectivity index is 1.85. The molecule has 3 rings (SSSR count). The van der Waals surface area contributed by atoms with Crippen molar-refractivity contribution in [3.63, 3.8) is 0 Å². The number of amides is 1. The van der Waals surface area contributed by atoms with E-state index in [4.69, 9.17) is 4.74 Å². The van der Waals surface area contributed by atoms with Gasteiger partial charge in [-0.2, -0.15) is 11.3 Å². The quantitative estimate of drug-likeness (QED) is 0.706. The predicted octanol–water partition coefficient (Wildman–Crippen LogP) is 4.79. The van der Waals surface area contributed by atoms with Crippen molar-refractivity contribution >= 4 is 17.2 Å². The van der Waals surface area contributed by atoms with Crippen molar-refractivity contribution in [1.29, 1.82) is 0 Å². The Kier molecular flexibility index (Phi) is 5.09. The standard InChI is InChI=1S/C21H22N2O2S/c1-14-16(9-10-18(22-14)15-11-12-26-13-15)20(24)23-21(2,3)17-7-5-6-8-19(17)25-4/h5-13H,1-4H3,(H,23,24). The molecule has 2 heterocycles. The normalized spacial score (nSPS) is 11.2. The number of rotatable bonds is 5. The number of carbonyl (C=O) groups is 1. The topological polar surface area (TPSA) is 51.2 Å². The van der Waals surface area contributed by atoms with E-state index in [9.17, 15) is 4.79 Å². The van der Waals surface area contributed by atoms with Gasteiger partial charge < -0.3 is 10.1 Å². The number of thiophene rings is 1. The number of hydrogen-bond acceptors (Lipinski definition) is 4. The van der Waals surface area contributed by atoms with Crippen LogP contribution in [-0.2, 0) is 5.54 Å². The third-order valence-electron chi connectivity index (χ3n) is 4.35. The zero-order chi connectivity index (χ0) is 18.7. The summed E-state index contributed by atoms with van der Waals surface area (Å²) in [5, 5.41) is 7.17. The molecular weight excluding hydrogens is 344 g/mol. The van der Waals surface area contributed by atoms with Gasteiger partial charge in [-0.1, -0.05) is 18.2 Å². The van der Waals surface area contributed by atoms with Crippen LogP contribution in [0.25, 0.3) is 11.3 Å². The second-order valence-electron chi connectivity index (χ2n) is 6.62. The first kappa shape index (κ1) is 18.1. The smallest absolute Gasteiger partial charge is 0.253 e. The summed E-state index contributed by atoms with van der Waals surface area (Å²) in [6.07, 6.45) is 0. The number of benzene rings is 1. The van der Waals surface area contributed by atoms with Crippen LogP contribution in [0.1, 0.15) is 35.5 Å². The number of hydrogen-bond donors (Lipinski definition) is 1. The minimum Gasteiger partial charge on any atom is -0.496 e. The van der Waals surface area contributed by atoms with Crippen LogP contribution in [0, 0.1) is 6.92 Å². The summed E-state index contributed by atoms with van der Waals surface area (Å²) in [7, 11) is 1.63. The first-order valence-corrected chi connectivity index (χ1v) is 9.33. The molecule has 0 fully saturated rings. The van der Waals surface area contributed by atoms with Crippen molar-refractivity contribution < 1.29 is 9.53 Å². The summed E-state index contributed by atoms with van der Waals surface area (Å²) in [5.74, 6) is 0.600. The van der Waals surface area contributed by atoms with Gasteiger partial charge in [0.1, 0.15) is 5.75 Å². The summed E-state index contributed by atoms with van der Waals surface area (Å²) >= 11 is 1.63. The average Bonchev–Trinajstić information content (AvgIpc) is 3.15. The fourth-order valence-corrected chi connectivity index (χ4v) is 3.60. The van der Waals surface area contributed by atoms with Crippen molar-refractivity contribution in [3.05, 3.63) is 70.0 Å². The van der Waals surface area contributed by atoms with Crippen LogP contribution in [0.4, 0.5) is 0 Å². The highest BCUT2D eigenvalue weighted by molar-refractivity contribution is 7.08. The second-order valence-corrected chi connectivity index (χ2v) is 7.40. The van der Waals surface area contributed by atoms with E-state index < -0.39 is 5.54 Å². The molecule has 0 spiro atoms. The molecule has 0 saturated carbocycles. The second kappa shape index (κ2) is 7.30. The maximum Gasteiger partial charge on any atom is 0.253 e. The molecule has 26 heavy (non-hydrogen) atoms. The largest absolute Gasteiger partial charge is 0.496 e. The fourth-order valence-electron chi connectivity index (χ4n) is 2.95. The van der Waals surface area contributed by atoms with E-state index in [-0.39, 0.29) is 5.91 Å². The summed E-state index contributed by atoms with van der Waals surface area (Å²) < 4.78 is 5.44. The van der Waals surface area contributed by atoms with Crippen molar-refractivity contribution in [1.82, 2.24) is 10.3 Å². The molecule has 1 amide bonds. The zero-order valence-corrected chi connectivity index (χ0v) is 16.2. The molecule has 0 aliphatic heterocycles. The number of carbonyl (C=O) groups excluding carboxylic acids is 1. The summed E-state index contributed by atoms with van der Waals surface area (Å²) in [6, 6.07) is 13.5. The van der Waals surface area contributed by atoms with Crippen molar-refractivity contribution in [3.8, 4) is 17.0 Å². The van der Waals surface area contributed by atoms with Crippen LogP contribution in [-0.4, -0.2) is 18.0 Å². The third-order valence-corrected chi connectivity index (χ3v) is 5.04. The van der Waals surface area contributed by atoms with Crippen LogP contribution in [0.3, 0.4) is 0 Å². The van der Waals surface area contributed by atoms with Gasteiger partial charge in [0, 0.05) is 16.5 Å². The number of methoxy groups -OCH3 is 1. The number of nitrogens with zero attached hydrogens (tertiary/aromatic N) is 1. The zero-order valence-electron chi connectivity index (χ0n) is 15.4. The van der Waals surface area contributed by atoms with Crippen molar-refractivity contribution in [2.24, 2.45) is 0 Å². The monoisotopic (exact) mass is 366 g/mol. The molecule has 0 saturated heterocycles. The Morgan fingerprint density at radius 1 is 1.15 bits per heavy atom. The number of para-hydroxylation sites is 1. The highest BCUT2D eigenvalue weighted by atomic mass is 32.1. The molecule has 3 aromatic rings. The van der Waals surface area contributed by atoms with Gasteiger partial charge >= 0.3 is 0 Å². The Hall–Kier alpha value is -2.66. The Labute approximate surface area is 157 Å². The Morgan fingerprint density at radius 3 is 2.58 bits per heavy atom. The molecule has 0 aliphatic carbocycles. The van der Waals surface area contributed by atoms with Gasteiger partial charge in [-0.25, -0.2) is 0 Å². The lowest BCUT2D eigenvalue weighted by Gasteiger charge is -2.28. The summed E-state index contributed by atoms with van der Waals surface area (Å²) in [5.41, 5.74) is 3.58. The van der Waals surface area contributed by atoms with E-state index in [1.807, 2.05) is 74.0 Å². The van der Waals surface area contributed by atoms with Crippen molar-refractivity contribution in [2.45, 2.75) is 26.3 Å². The molecule has 0 aliphatic rings. The Morgan fingerprint density at radius 2 is 1.92 bits per heavy atom. The van der Waals surface area contributed by atoms with Gasteiger partial charge in [0.15, 0.2) is 0 Å². The van der Waals surface area contributed by atoms with E-state index in [2.05, 4.69) is 10.3 Å². The highest BCUT2D eigenvalue weighted by Crippen LogP contribution is 2.30. The minimum atomic E-state index is -0.581. The summed E-state index contributed by atoms with van der Waals surface area (Å²) in [6.45, 7) is 5.79. The number of pyridine rings is 1. The van der Waals surface area contributed by atoms with E-state index >= 15 is 0 Å². The maximum atomic E-state index is 12.9. The lowest BCUT2D eigenvalue weighted by molar-refractivity contribution is 0.0910. The van der Waals surface area contributed by atoms with Crippen LogP contribution >= 0.6 is 11.3 Å². The average molecular weight is 366 g/mol. The van der Waals surface area contributed by atoms with Gasteiger partial charge in [0.25, 0.3) is 5.91 Å². The molecule has 2 aromatic heterocycles. The lowest BCUT2D eigenvalue weighted by atomic mass is 9.92. The molecule has 134 valence electrons. The van der Waals surface area contributed by atoms with E-state index in [0.29, 0.717) is 11.3 Å². The fraction of sp³-hybridized carbons (Fsp3) is 0.238. The number of aryl methyl sites for hydroxylation is 1. The molecule has 5 heteroatoms. The lowest BCUT2D eigenvalue weighted by Crippen LogP contribution is -2.41. The van der Waals surface area contributed by atoms with E-state index in [0.717, 1.165) is 22.6 Å². The first-order valence-electron chi connectivity index (χ1n) is 8.38. The number of ether oxygens (including phenoxy) is 1. The van der Waals surface area contributed by atoms with Gasteiger partial charge in [0.05, 0.1) is 29.6 Å². The summed E-state index contributed by atoms with van der Waals surface area (Å²) in [4.78, 5) is 17.5. The van der Waals surface area contributed by atoms with Gasteiger partial charge in [-0.15, -0.1) is 0 Å². The van der Waals surface area contributed by atoms with Crippen LogP contribution in [0.5, 0.6) is 5.75 Å². The Bertz CT molecular complexity index is 918. The predicted molar refractivity (Wildman–Crippen MR) is 106 cm³/mol. The molecule has 0 unspecified atom stereocenters. The minimum absolute atomic E-state index is 0.150. The molecule has 0 bridgehead atoms. The molecule has 1 aromatic carbocycles.